The molecule has 0 radical (unpaired) electrons. The summed E-state index contributed by atoms with van der Waals surface area (Å²) in [4.78, 5) is 29.5. The molecule has 1 aliphatic rings. The van der Waals surface area contributed by atoms with Crippen LogP contribution >= 0.6 is 12.4 Å². The van der Waals surface area contributed by atoms with Crippen LogP contribution in [0.15, 0.2) is 24.3 Å². The van der Waals surface area contributed by atoms with Crippen molar-refractivity contribution >= 4 is 24.2 Å². The predicted molar refractivity (Wildman–Crippen MR) is 113 cm³/mol. The minimum atomic E-state index is 0. The molecule has 0 spiro atoms. The van der Waals surface area contributed by atoms with Gasteiger partial charge < -0.3 is 15.1 Å². The number of carbonyl (C=O) groups excluding carboxylic acids is 2. The standard InChI is InChI=1S/C21H33N3O2.ClH/c1-4-11-23(12-5-2)20(25)18-9-6-10-19(14-18)21(26)24-13-7-8-17(16-24)15-22-3;/h6,9-10,14,17,22H,4-5,7-8,11-13,15-16H2,1-3H3;1H. The predicted octanol–water partition coefficient (Wildman–Crippen LogP) is 3.44. The van der Waals surface area contributed by atoms with Gasteiger partial charge in [0.25, 0.3) is 11.8 Å². The number of hydrogen-bond donors (Lipinski definition) is 1. The van der Waals surface area contributed by atoms with Crippen molar-refractivity contribution in [2.45, 2.75) is 39.5 Å². The molecule has 1 fully saturated rings. The second-order valence-corrected chi connectivity index (χ2v) is 7.19. The molecular formula is C21H34ClN3O2. The topological polar surface area (TPSA) is 52.7 Å². The van der Waals surface area contributed by atoms with Crippen molar-refractivity contribution in [1.29, 1.82) is 0 Å². The quantitative estimate of drug-likeness (QED) is 0.733. The van der Waals surface area contributed by atoms with Crippen molar-refractivity contribution in [2.24, 2.45) is 5.92 Å². The molecular weight excluding hydrogens is 362 g/mol. The van der Waals surface area contributed by atoms with Crippen molar-refractivity contribution in [3.05, 3.63) is 35.4 Å². The maximum atomic E-state index is 12.9. The van der Waals surface area contributed by atoms with E-state index in [1.54, 1.807) is 6.07 Å². The van der Waals surface area contributed by atoms with Crippen molar-refractivity contribution < 1.29 is 9.59 Å². The lowest BCUT2D eigenvalue weighted by Crippen LogP contribution is -2.42. The van der Waals surface area contributed by atoms with E-state index >= 15 is 0 Å². The summed E-state index contributed by atoms with van der Waals surface area (Å²) in [7, 11) is 1.95. The van der Waals surface area contributed by atoms with E-state index in [1.165, 1.54) is 0 Å². The van der Waals surface area contributed by atoms with Crippen LogP contribution in [0.4, 0.5) is 0 Å². The number of likely N-dealkylation sites (tertiary alicyclic amines) is 1. The van der Waals surface area contributed by atoms with Gasteiger partial charge in [-0.05, 0) is 63.4 Å². The van der Waals surface area contributed by atoms with Gasteiger partial charge in [0.2, 0.25) is 0 Å². The molecule has 0 bridgehead atoms. The van der Waals surface area contributed by atoms with Crippen LogP contribution in [0.3, 0.4) is 0 Å². The summed E-state index contributed by atoms with van der Waals surface area (Å²) in [5, 5.41) is 3.21. The zero-order chi connectivity index (χ0) is 18.9. The zero-order valence-corrected chi connectivity index (χ0v) is 17.7. The van der Waals surface area contributed by atoms with Gasteiger partial charge in [0.05, 0.1) is 0 Å². The smallest absolute Gasteiger partial charge is 0.253 e. The van der Waals surface area contributed by atoms with E-state index in [9.17, 15) is 9.59 Å². The van der Waals surface area contributed by atoms with E-state index < -0.39 is 0 Å². The molecule has 0 aromatic heterocycles. The van der Waals surface area contributed by atoms with E-state index in [0.717, 1.165) is 58.4 Å². The van der Waals surface area contributed by atoms with Crippen LogP contribution in [-0.2, 0) is 0 Å². The molecule has 1 heterocycles. The third kappa shape index (κ3) is 6.51. The Labute approximate surface area is 169 Å². The fraction of sp³-hybridized carbons (Fsp3) is 0.619. The number of benzene rings is 1. The van der Waals surface area contributed by atoms with E-state index in [2.05, 4.69) is 19.2 Å². The lowest BCUT2D eigenvalue weighted by atomic mass is 9.97. The van der Waals surface area contributed by atoms with Crippen molar-refractivity contribution in [3.63, 3.8) is 0 Å². The third-order valence-electron chi connectivity index (χ3n) is 4.93. The summed E-state index contributed by atoms with van der Waals surface area (Å²) in [5.41, 5.74) is 1.23. The van der Waals surface area contributed by atoms with Gasteiger partial charge in [-0.1, -0.05) is 19.9 Å². The minimum Gasteiger partial charge on any atom is -0.339 e. The van der Waals surface area contributed by atoms with Gasteiger partial charge in [-0.25, -0.2) is 0 Å². The summed E-state index contributed by atoms with van der Waals surface area (Å²) in [6.07, 6.45) is 4.07. The van der Waals surface area contributed by atoms with Gasteiger partial charge in [0.1, 0.15) is 0 Å². The first-order valence-electron chi connectivity index (χ1n) is 9.93. The molecule has 0 aliphatic carbocycles. The highest BCUT2D eigenvalue weighted by molar-refractivity contribution is 5.99. The second-order valence-electron chi connectivity index (χ2n) is 7.19. The molecule has 1 atom stereocenters. The molecule has 1 aromatic carbocycles. The summed E-state index contributed by atoms with van der Waals surface area (Å²) in [6.45, 7) is 8.18. The summed E-state index contributed by atoms with van der Waals surface area (Å²) in [6, 6.07) is 7.23. The highest BCUT2D eigenvalue weighted by Crippen LogP contribution is 2.19. The second kappa shape index (κ2) is 12.0. The fourth-order valence-corrected chi connectivity index (χ4v) is 3.71. The molecule has 1 unspecified atom stereocenters. The summed E-state index contributed by atoms with van der Waals surface area (Å²) >= 11 is 0. The Morgan fingerprint density at radius 1 is 1.19 bits per heavy atom. The molecule has 27 heavy (non-hydrogen) atoms. The first-order valence-corrected chi connectivity index (χ1v) is 9.93. The molecule has 0 saturated carbocycles. The number of rotatable bonds is 8. The highest BCUT2D eigenvalue weighted by atomic mass is 35.5. The number of halogens is 1. The van der Waals surface area contributed by atoms with Crippen LogP contribution < -0.4 is 5.32 Å². The Morgan fingerprint density at radius 2 is 1.85 bits per heavy atom. The normalized spacial score (nSPS) is 16.6. The number of amides is 2. The molecule has 6 heteroatoms. The zero-order valence-electron chi connectivity index (χ0n) is 16.9. The summed E-state index contributed by atoms with van der Waals surface area (Å²) < 4.78 is 0. The average Bonchev–Trinajstić information content (AvgIpc) is 2.67. The van der Waals surface area contributed by atoms with E-state index in [4.69, 9.17) is 0 Å². The number of nitrogens with zero attached hydrogens (tertiary/aromatic N) is 2. The first-order chi connectivity index (χ1) is 12.6. The number of piperidine rings is 1. The fourth-order valence-electron chi connectivity index (χ4n) is 3.71. The highest BCUT2D eigenvalue weighted by Gasteiger charge is 2.25. The number of hydrogen-bond acceptors (Lipinski definition) is 3. The Bertz CT molecular complexity index is 601. The lowest BCUT2D eigenvalue weighted by Gasteiger charge is -2.33. The molecule has 2 rings (SSSR count). The molecule has 152 valence electrons. The molecule has 1 aliphatic heterocycles. The Hall–Kier alpha value is -1.59. The van der Waals surface area contributed by atoms with E-state index in [-0.39, 0.29) is 24.2 Å². The molecule has 1 saturated heterocycles. The van der Waals surface area contributed by atoms with E-state index in [1.807, 2.05) is 35.0 Å². The van der Waals surface area contributed by atoms with Gasteiger partial charge in [-0.2, -0.15) is 0 Å². The van der Waals surface area contributed by atoms with Crippen LogP contribution in [0.25, 0.3) is 0 Å². The monoisotopic (exact) mass is 395 g/mol. The molecule has 5 nitrogen and oxygen atoms in total. The van der Waals surface area contributed by atoms with Gasteiger partial charge in [0.15, 0.2) is 0 Å². The van der Waals surface area contributed by atoms with Gasteiger partial charge in [0, 0.05) is 37.3 Å². The van der Waals surface area contributed by atoms with Crippen molar-refractivity contribution in [2.75, 3.05) is 39.8 Å². The minimum absolute atomic E-state index is 0. The van der Waals surface area contributed by atoms with E-state index in [0.29, 0.717) is 17.0 Å². The van der Waals surface area contributed by atoms with Crippen LogP contribution in [0, 0.1) is 5.92 Å². The van der Waals surface area contributed by atoms with Crippen molar-refractivity contribution in [1.82, 2.24) is 15.1 Å². The first kappa shape index (κ1) is 23.4. The lowest BCUT2D eigenvalue weighted by molar-refractivity contribution is 0.0674. The van der Waals surface area contributed by atoms with Crippen LogP contribution in [0.5, 0.6) is 0 Å². The Kier molecular flexibility index (Phi) is 10.4. The van der Waals surface area contributed by atoms with Crippen LogP contribution in [0.1, 0.15) is 60.2 Å². The van der Waals surface area contributed by atoms with Crippen LogP contribution in [0.2, 0.25) is 0 Å². The van der Waals surface area contributed by atoms with Crippen LogP contribution in [-0.4, -0.2) is 61.4 Å². The number of nitrogens with one attached hydrogen (secondary N) is 1. The van der Waals surface area contributed by atoms with Gasteiger partial charge in [-0.15, -0.1) is 12.4 Å². The Balaban J connectivity index is 0.00000364. The molecule has 1 aromatic rings. The Morgan fingerprint density at radius 3 is 2.48 bits per heavy atom. The maximum Gasteiger partial charge on any atom is 0.253 e. The van der Waals surface area contributed by atoms with Gasteiger partial charge >= 0.3 is 0 Å². The maximum absolute atomic E-state index is 12.9. The number of carbonyl (C=O) groups is 2. The molecule has 2 amide bonds. The average molecular weight is 396 g/mol. The van der Waals surface area contributed by atoms with Crippen molar-refractivity contribution in [3.8, 4) is 0 Å². The van der Waals surface area contributed by atoms with Gasteiger partial charge in [-0.3, -0.25) is 9.59 Å². The largest absolute Gasteiger partial charge is 0.339 e. The SMILES string of the molecule is CCCN(CCC)C(=O)c1cccc(C(=O)N2CCCC(CNC)C2)c1.Cl. The third-order valence-corrected chi connectivity index (χ3v) is 4.93. The summed E-state index contributed by atoms with van der Waals surface area (Å²) in [5.74, 6) is 0.570. The molecule has 1 N–H and O–H groups in total.